The molecule has 0 saturated carbocycles. The molecule has 1 aromatic carbocycles. The van der Waals surface area contributed by atoms with Gasteiger partial charge in [0.1, 0.15) is 18.1 Å². The maximum absolute atomic E-state index is 10.5. The van der Waals surface area contributed by atoms with Crippen LogP contribution in [0.1, 0.15) is 16.1 Å². The highest BCUT2D eigenvalue weighted by molar-refractivity contribution is 5.81. The molecule has 0 bridgehead atoms. The molecule has 98 valence electrons. The summed E-state index contributed by atoms with van der Waals surface area (Å²) in [7, 11) is 0. The Morgan fingerprint density at radius 3 is 2.75 bits per heavy atom. The number of aldehydes is 1. The van der Waals surface area contributed by atoms with Gasteiger partial charge in [-0.3, -0.25) is 9.78 Å². The van der Waals surface area contributed by atoms with Crippen LogP contribution in [0.5, 0.6) is 5.75 Å². The van der Waals surface area contributed by atoms with E-state index in [0.717, 1.165) is 16.5 Å². The highest BCUT2D eigenvalue weighted by atomic mass is 16.5. The molecule has 0 atom stereocenters. The number of fused-ring (bicyclic) bond motifs is 1. The number of ether oxygens (including phenoxy) is 1. The Labute approximate surface area is 116 Å². The number of pyridine rings is 2. The van der Waals surface area contributed by atoms with E-state index >= 15 is 0 Å². The van der Waals surface area contributed by atoms with Gasteiger partial charge in [0.15, 0.2) is 6.29 Å². The van der Waals surface area contributed by atoms with Crippen LogP contribution >= 0.6 is 0 Å². The van der Waals surface area contributed by atoms with Crippen molar-refractivity contribution in [2.24, 2.45) is 0 Å². The first-order chi connectivity index (χ1) is 9.86. The summed E-state index contributed by atoms with van der Waals surface area (Å²) in [6, 6.07) is 13.3. The van der Waals surface area contributed by atoms with Crippen LogP contribution in [0.2, 0.25) is 0 Å². The number of para-hydroxylation sites is 1. The lowest BCUT2D eigenvalue weighted by Gasteiger charge is -2.08. The van der Waals surface area contributed by atoms with Crippen molar-refractivity contribution in [2.45, 2.75) is 6.61 Å². The zero-order valence-electron chi connectivity index (χ0n) is 10.7. The fourth-order valence-corrected chi connectivity index (χ4v) is 1.99. The Morgan fingerprint density at radius 2 is 1.95 bits per heavy atom. The van der Waals surface area contributed by atoms with Crippen LogP contribution in [0.3, 0.4) is 0 Å². The van der Waals surface area contributed by atoms with Gasteiger partial charge in [-0.2, -0.15) is 0 Å². The van der Waals surface area contributed by atoms with E-state index in [1.807, 2.05) is 30.3 Å². The Hall–Kier alpha value is -2.75. The van der Waals surface area contributed by atoms with Crippen LogP contribution in [-0.2, 0) is 6.61 Å². The molecule has 0 radical (unpaired) electrons. The van der Waals surface area contributed by atoms with Crippen molar-refractivity contribution in [1.29, 1.82) is 0 Å². The molecule has 3 rings (SSSR count). The van der Waals surface area contributed by atoms with E-state index in [0.29, 0.717) is 24.3 Å². The van der Waals surface area contributed by atoms with Crippen LogP contribution in [0.4, 0.5) is 0 Å². The third-order valence-corrected chi connectivity index (χ3v) is 2.99. The van der Waals surface area contributed by atoms with Crippen LogP contribution in [0.15, 0.2) is 54.9 Å². The summed E-state index contributed by atoms with van der Waals surface area (Å²) in [5.41, 5.74) is 2.35. The number of rotatable bonds is 4. The quantitative estimate of drug-likeness (QED) is 0.680. The molecule has 0 fully saturated rings. The number of hydrogen-bond donors (Lipinski definition) is 0. The zero-order chi connectivity index (χ0) is 13.8. The second kappa shape index (κ2) is 5.48. The number of carbonyl (C=O) groups is 1. The summed E-state index contributed by atoms with van der Waals surface area (Å²) in [6.07, 6.45) is 4.02. The second-order valence-corrected chi connectivity index (χ2v) is 4.32. The summed E-state index contributed by atoms with van der Waals surface area (Å²) >= 11 is 0. The fraction of sp³-hybridized carbons (Fsp3) is 0.0625. The van der Waals surface area contributed by atoms with Crippen molar-refractivity contribution in [2.75, 3.05) is 0 Å². The molecule has 0 spiro atoms. The van der Waals surface area contributed by atoms with Crippen molar-refractivity contribution >= 4 is 17.2 Å². The third kappa shape index (κ3) is 2.49. The molecule has 0 aliphatic heterocycles. The molecule has 3 aromatic rings. The Morgan fingerprint density at radius 1 is 1.05 bits per heavy atom. The molecule has 4 nitrogen and oxygen atoms in total. The summed E-state index contributed by atoms with van der Waals surface area (Å²) < 4.78 is 5.68. The molecule has 0 aliphatic carbocycles. The van der Waals surface area contributed by atoms with Crippen molar-refractivity contribution in [3.8, 4) is 5.75 Å². The average molecular weight is 264 g/mol. The van der Waals surface area contributed by atoms with E-state index < -0.39 is 0 Å². The normalized spacial score (nSPS) is 10.4. The van der Waals surface area contributed by atoms with Gasteiger partial charge in [-0.1, -0.05) is 24.3 Å². The summed E-state index contributed by atoms with van der Waals surface area (Å²) in [5, 5.41) is 1.09. The molecule has 0 N–H and O–H groups in total. The molecule has 0 unspecified atom stereocenters. The number of benzene rings is 1. The van der Waals surface area contributed by atoms with E-state index in [-0.39, 0.29) is 0 Å². The first-order valence-corrected chi connectivity index (χ1v) is 6.23. The first-order valence-electron chi connectivity index (χ1n) is 6.23. The summed E-state index contributed by atoms with van der Waals surface area (Å²) in [4.78, 5) is 18.9. The van der Waals surface area contributed by atoms with Crippen LogP contribution in [0, 0.1) is 0 Å². The second-order valence-electron chi connectivity index (χ2n) is 4.32. The van der Waals surface area contributed by atoms with Crippen LogP contribution < -0.4 is 4.74 Å². The van der Waals surface area contributed by atoms with E-state index in [9.17, 15) is 4.79 Å². The number of hydrogen-bond acceptors (Lipinski definition) is 4. The molecular formula is C16H12N2O2. The van der Waals surface area contributed by atoms with E-state index in [4.69, 9.17) is 4.74 Å². The van der Waals surface area contributed by atoms with Crippen LogP contribution in [0.25, 0.3) is 10.9 Å². The summed E-state index contributed by atoms with van der Waals surface area (Å²) in [5.74, 6) is 0.628. The van der Waals surface area contributed by atoms with E-state index in [1.165, 1.54) is 0 Å². The van der Waals surface area contributed by atoms with Gasteiger partial charge in [-0.15, -0.1) is 0 Å². The van der Waals surface area contributed by atoms with Gasteiger partial charge in [0, 0.05) is 17.1 Å². The van der Waals surface area contributed by atoms with Crippen molar-refractivity contribution < 1.29 is 9.53 Å². The highest BCUT2D eigenvalue weighted by Gasteiger charge is 2.03. The first kappa shape index (κ1) is 12.3. The molecule has 0 amide bonds. The Balaban J connectivity index is 1.81. The summed E-state index contributed by atoms with van der Waals surface area (Å²) in [6.45, 7) is 0.413. The minimum atomic E-state index is 0.393. The third-order valence-electron chi connectivity index (χ3n) is 2.99. The molecule has 2 heterocycles. The maximum atomic E-state index is 10.5. The largest absolute Gasteiger partial charge is 0.487 e. The molecular weight excluding hydrogens is 252 g/mol. The van der Waals surface area contributed by atoms with Gasteiger partial charge in [0.05, 0.1) is 11.7 Å². The van der Waals surface area contributed by atoms with Crippen molar-refractivity contribution in [1.82, 2.24) is 9.97 Å². The molecule has 20 heavy (non-hydrogen) atoms. The molecule has 2 aromatic heterocycles. The lowest BCUT2D eigenvalue weighted by atomic mass is 10.1. The maximum Gasteiger partial charge on any atom is 0.168 e. The Kier molecular flexibility index (Phi) is 3.37. The Bertz CT molecular complexity index is 734. The molecule has 0 saturated heterocycles. The van der Waals surface area contributed by atoms with Crippen molar-refractivity contribution in [3.05, 3.63) is 66.1 Å². The molecule has 0 aliphatic rings. The van der Waals surface area contributed by atoms with Crippen molar-refractivity contribution in [3.63, 3.8) is 0 Å². The van der Waals surface area contributed by atoms with Crippen LogP contribution in [-0.4, -0.2) is 16.3 Å². The van der Waals surface area contributed by atoms with Gasteiger partial charge >= 0.3 is 0 Å². The topological polar surface area (TPSA) is 52.1 Å². The monoisotopic (exact) mass is 264 g/mol. The lowest BCUT2D eigenvalue weighted by Crippen LogP contribution is -1.98. The zero-order valence-corrected chi connectivity index (χ0v) is 10.7. The highest BCUT2D eigenvalue weighted by Crippen LogP contribution is 2.18. The van der Waals surface area contributed by atoms with Gasteiger partial charge in [0.25, 0.3) is 0 Å². The van der Waals surface area contributed by atoms with Gasteiger partial charge in [0.2, 0.25) is 0 Å². The fourth-order valence-electron chi connectivity index (χ4n) is 1.99. The standard InChI is InChI=1S/C16H12N2O2/c19-10-14-6-7-15(9-18-14)20-11-13-4-1-3-12-5-2-8-17-16(12)13/h1-10H,11H2. The predicted octanol–water partition coefficient (Wildman–Crippen LogP) is 3.02. The van der Waals surface area contributed by atoms with E-state index in [2.05, 4.69) is 9.97 Å². The lowest BCUT2D eigenvalue weighted by molar-refractivity contribution is 0.111. The molecule has 4 heteroatoms. The van der Waals surface area contributed by atoms with Gasteiger partial charge in [-0.05, 0) is 18.2 Å². The van der Waals surface area contributed by atoms with Gasteiger partial charge in [-0.25, -0.2) is 4.98 Å². The minimum Gasteiger partial charge on any atom is -0.487 e. The smallest absolute Gasteiger partial charge is 0.168 e. The van der Waals surface area contributed by atoms with E-state index in [1.54, 1.807) is 24.5 Å². The number of carbonyl (C=O) groups excluding carboxylic acids is 1. The number of aromatic nitrogens is 2. The average Bonchev–Trinajstić information content (AvgIpc) is 2.53. The SMILES string of the molecule is O=Cc1ccc(OCc2cccc3cccnc23)cn1. The predicted molar refractivity (Wildman–Crippen MR) is 75.7 cm³/mol. The van der Waals surface area contributed by atoms with Gasteiger partial charge < -0.3 is 4.74 Å². The number of nitrogens with zero attached hydrogens (tertiary/aromatic N) is 2. The minimum absolute atomic E-state index is 0.393.